The summed E-state index contributed by atoms with van der Waals surface area (Å²) < 4.78 is 32.7. The van der Waals surface area contributed by atoms with E-state index in [2.05, 4.69) is 0 Å². The Hall–Kier alpha value is -1.11. The minimum Gasteiger partial charge on any atom is -0.496 e. The van der Waals surface area contributed by atoms with Crippen LogP contribution in [0.5, 0.6) is 5.75 Å². The highest BCUT2D eigenvalue weighted by Crippen LogP contribution is 2.38. The predicted molar refractivity (Wildman–Crippen MR) is 66.0 cm³/mol. The molecule has 0 fully saturated rings. The van der Waals surface area contributed by atoms with E-state index in [-0.39, 0.29) is 0 Å². The maximum absolute atomic E-state index is 11.2. The molecule has 1 aliphatic rings. The molecule has 2 rings (SSSR count). The molecule has 1 aromatic rings. The molecule has 0 heterocycles. The number of ether oxygens (including phenoxy) is 1. The minimum absolute atomic E-state index is 0.452. The molecule has 0 saturated heterocycles. The molecule has 18 heavy (non-hydrogen) atoms. The van der Waals surface area contributed by atoms with Crippen LogP contribution >= 0.6 is 0 Å². The number of benzene rings is 1. The van der Waals surface area contributed by atoms with Crippen LogP contribution in [0.2, 0.25) is 0 Å². The largest absolute Gasteiger partial charge is 0.496 e. The first kappa shape index (κ1) is 13.3. The highest BCUT2D eigenvalue weighted by Gasteiger charge is 2.33. The Morgan fingerprint density at radius 1 is 1.39 bits per heavy atom. The van der Waals surface area contributed by atoms with Crippen LogP contribution in [0.4, 0.5) is 0 Å². The van der Waals surface area contributed by atoms with Crippen molar-refractivity contribution in [3.63, 3.8) is 0 Å². The Kier molecular flexibility index (Phi) is 3.61. The summed E-state index contributed by atoms with van der Waals surface area (Å²) in [5.41, 5.74) is 1.58. The van der Waals surface area contributed by atoms with E-state index in [1.807, 2.05) is 6.07 Å². The van der Waals surface area contributed by atoms with Crippen molar-refractivity contribution in [2.24, 2.45) is 0 Å². The lowest BCUT2D eigenvalue weighted by Crippen LogP contribution is -2.29. The number of hydrogen-bond acceptors (Lipinski definition) is 5. The lowest BCUT2D eigenvalue weighted by atomic mass is 9.87. The van der Waals surface area contributed by atoms with E-state index in [0.29, 0.717) is 24.2 Å². The van der Waals surface area contributed by atoms with E-state index < -0.39 is 22.3 Å². The highest BCUT2D eigenvalue weighted by molar-refractivity contribution is 7.86. The Bertz CT molecular complexity index is 537. The Morgan fingerprint density at radius 3 is 2.72 bits per heavy atom. The third-order valence-corrected chi connectivity index (χ3v) is 3.57. The van der Waals surface area contributed by atoms with E-state index in [4.69, 9.17) is 8.92 Å². The number of rotatable bonds is 3. The van der Waals surface area contributed by atoms with Crippen LogP contribution in [0, 0.1) is 0 Å². The number of aliphatic hydroxyl groups is 1. The van der Waals surface area contributed by atoms with Gasteiger partial charge in [-0.1, -0.05) is 12.1 Å². The zero-order chi connectivity index (χ0) is 13.3. The van der Waals surface area contributed by atoms with Gasteiger partial charge in [-0.05, 0) is 24.5 Å². The summed E-state index contributed by atoms with van der Waals surface area (Å²) in [5.74, 6) is 0.696. The maximum Gasteiger partial charge on any atom is 0.265 e. The molecule has 1 aliphatic carbocycles. The molecule has 0 spiro atoms. The van der Waals surface area contributed by atoms with Crippen LogP contribution < -0.4 is 4.74 Å². The van der Waals surface area contributed by atoms with Gasteiger partial charge in [0.05, 0.1) is 19.5 Å². The van der Waals surface area contributed by atoms with Gasteiger partial charge in [-0.15, -0.1) is 0 Å². The summed E-state index contributed by atoms with van der Waals surface area (Å²) in [6, 6.07) is 5.33. The summed E-state index contributed by atoms with van der Waals surface area (Å²) in [4.78, 5) is 0. The molecule has 0 amide bonds. The van der Waals surface area contributed by atoms with Crippen molar-refractivity contribution >= 4 is 10.1 Å². The average Bonchev–Trinajstić information content (AvgIpc) is 2.30. The molecular weight excluding hydrogens is 256 g/mol. The van der Waals surface area contributed by atoms with Crippen molar-refractivity contribution in [1.29, 1.82) is 0 Å². The molecule has 1 unspecified atom stereocenters. The predicted octanol–water partition coefficient (Wildman–Crippen LogP) is 1.02. The van der Waals surface area contributed by atoms with Crippen molar-refractivity contribution in [2.75, 3.05) is 13.4 Å². The second kappa shape index (κ2) is 4.87. The van der Waals surface area contributed by atoms with E-state index in [1.54, 1.807) is 19.2 Å². The van der Waals surface area contributed by atoms with Gasteiger partial charge in [-0.25, -0.2) is 0 Å². The number of aliphatic hydroxyl groups excluding tert-OH is 1. The van der Waals surface area contributed by atoms with Crippen LogP contribution in [-0.2, 0) is 20.7 Å². The van der Waals surface area contributed by atoms with Crippen molar-refractivity contribution < 1.29 is 22.4 Å². The third-order valence-electron chi connectivity index (χ3n) is 3.01. The number of methoxy groups -OCH3 is 1. The smallest absolute Gasteiger partial charge is 0.265 e. The molecule has 2 atom stereocenters. The van der Waals surface area contributed by atoms with Gasteiger partial charge in [0.2, 0.25) is 0 Å². The minimum atomic E-state index is -3.62. The summed E-state index contributed by atoms with van der Waals surface area (Å²) in [7, 11) is -2.06. The lowest BCUT2D eigenvalue weighted by molar-refractivity contribution is 0.0268. The van der Waals surface area contributed by atoms with E-state index in [1.165, 1.54) is 0 Å². The second-order valence-corrected chi connectivity index (χ2v) is 5.96. The zero-order valence-electron chi connectivity index (χ0n) is 10.3. The number of fused-ring (bicyclic) bond motifs is 1. The first-order valence-corrected chi connectivity index (χ1v) is 7.46. The second-order valence-electron chi connectivity index (χ2n) is 4.36. The van der Waals surface area contributed by atoms with Gasteiger partial charge in [0.1, 0.15) is 11.9 Å². The van der Waals surface area contributed by atoms with Gasteiger partial charge in [0, 0.05) is 5.56 Å². The molecule has 1 aromatic carbocycles. The monoisotopic (exact) mass is 272 g/mol. The molecule has 0 radical (unpaired) electrons. The zero-order valence-corrected chi connectivity index (χ0v) is 11.1. The molecular formula is C12H16O5S. The van der Waals surface area contributed by atoms with Gasteiger partial charge in [0.25, 0.3) is 10.1 Å². The van der Waals surface area contributed by atoms with E-state index in [0.717, 1.165) is 11.8 Å². The van der Waals surface area contributed by atoms with Crippen molar-refractivity contribution in [2.45, 2.75) is 25.0 Å². The fourth-order valence-corrected chi connectivity index (χ4v) is 2.87. The topological polar surface area (TPSA) is 72.8 Å². The van der Waals surface area contributed by atoms with Crippen LogP contribution in [0.15, 0.2) is 18.2 Å². The fraction of sp³-hybridized carbons (Fsp3) is 0.500. The van der Waals surface area contributed by atoms with Crippen molar-refractivity contribution in [3.8, 4) is 5.75 Å². The molecule has 0 bridgehead atoms. The first-order chi connectivity index (χ1) is 8.42. The normalized spacial score (nSPS) is 23.5. The van der Waals surface area contributed by atoms with Crippen LogP contribution in [0.1, 0.15) is 23.7 Å². The maximum atomic E-state index is 11.2. The SMILES string of the molecule is COc1cccc2c1CC[C@H](O)C2OS(C)(=O)=O. The number of hydrogen-bond donors (Lipinski definition) is 1. The average molecular weight is 272 g/mol. The van der Waals surface area contributed by atoms with Crippen LogP contribution in [0.25, 0.3) is 0 Å². The molecule has 5 nitrogen and oxygen atoms in total. The van der Waals surface area contributed by atoms with Gasteiger partial charge in [-0.2, -0.15) is 8.42 Å². The lowest BCUT2D eigenvalue weighted by Gasteiger charge is -2.30. The summed E-state index contributed by atoms with van der Waals surface area (Å²) in [6.45, 7) is 0. The standard InChI is InChI=1S/C12H16O5S/c1-16-11-5-3-4-9-8(11)6-7-10(13)12(9)17-18(2,14)15/h3-5,10,12-13H,6-7H2,1-2H3/t10-,12?/m0/s1. The summed E-state index contributed by atoms with van der Waals surface area (Å²) in [5, 5.41) is 9.91. The summed E-state index contributed by atoms with van der Waals surface area (Å²) >= 11 is 0. The molecule has 1 N–H and O–H groups in total. The van der Waals surface area contributed by atoms with Crippen LogP contribution in [-0.4, -0.2) is 33.0 Å². The van der Waals surface area contributed by atoms with E-state index >= 15 is 0 Å². The molecule has 0 saturated carbocycles. The molecule has 6 heteroatoms. The van der Waals surface area contributed by atoms with Gasteiger partial charge in [-0.3, -0.25) is 4.18 Å². The highest BCUT2D eigenvalue weighted by atomic mass is 32.2. The summed E-state index contributed by atoms with van der Waals surface area (Å²) in [6.07, 6.45) is 0.407. The first-order valence-electron chi connectivity index (χ1n) is 5.64. The van der Waals surface area contributed by atoms with Crippen molar-refractivity contribution in [1.82, 2.24) is 0 Å². The van der Waals surface area contributed by atoms with Crippen LogP contribution in [0.3, 0.4) is 0 Å². The third kappa shape index (κ3) is 2.66. The fourth-order valence-electron chi connectivity index (χ4n) is 2.26. The Morgan fingerprint density at radius 2 is 2.11 bits per heavy atom. The van der Waals surface area contributed by atoms with E-state index in [9.17, 15) is 13.5 Å². The Balaban J connectivity index is 2.44. The quantitative estimate of drug-likeness (QED) is 0.832. The molecule has 100 valence electrons. The van der Waals surface area contributed by atoms with Gasteiger partial charge >= 0.3 is 0 Å². The van der Waals surface area contributed by atoms with Crippen molar-refractivity contribution in [3.05, 3.63) is 29.3 Å². The van der Waals surface area contributed by atoms with Gasteiger partial charge < -0.3 is 9.84 Å². The Labute approximate surface area is 106 Å². The molecule has 0 aromatic heterocycles. The molecule has 0 aliphatic heterocycles. The van der Waals surface area contributed by atoms with Gasteiger partial charge in [0.15, 0.2) is 0 Å².